The van der Waals surface area contributed by atoms with E-state index in [0.717, 1.165) is 12.8 Å². The lowest BCUT2D eigenvalue weighted by Gasteiger charge is -2.19. The van der Waals surface area contributed by atoms with Crippen LogP contribution in [-0.2, 0) is 4.79 Å². The molecule has 100 valence electrons. The molecule has 0 heterocycles. The molecule has 1 fully saturated rings. The van der Waals surface area contributed by atoms with E-state index in [-0.39, 0.29) is 11.8 Å². The van der Waals surface area contributed by atoms with Crippen LogP contribution in [0.5, 0.6) is 0 Å². The molecule has 2 nitrogen and oxygen atoms in total. The van der Waals surface area contributed by atoms with Gasteiger partial charge in [-0.05, 0) is 30.9 Å². The van der Waals surface area contributed by atoms with Crippen LogP contribution in [0.15, 0.2) is 49.1 Å². The molecule has 1 aromatic rings. The molecule has 2 rings (SSSR count). The first-order valence-electron chi connectivity index (χ1n) is 6.84. The Labute approximate surface area is 115 Å². The lowest BCUT2D eigenvalue weighted by atomic mass is 10.1. The van der Waals surface area contributed by atoms with Crippen molar-refractivity contribution in [2.75, 3.05) is 13.1 Å². The topological polar surface area (TPSA) is 20.3 Å². The lowest BCUT2D eigenvalue weighted by molar-refractivity contribution is -0.131. The number of rotatable bonds is 6. The monoisotopic (exact) mass is 255 g/mol. The Hall–Kier alpha value is -1.83. The summed E-state index contributed by atoms with van der Waals surface area (Å²) in [5.41, 5.74) is 2.41. The molecule has 0 aliphatic heterocycles. The van der Waals surface area contributed by atoms with Crippen LogP contribution in [0, 0.1) is 5.92 Å². The molecule has 0 radical (unpaired) electrons. The van der Waals surface area contributed by atoms with E-state index >= 15 is 0 Å². The second kappa shape index (κ2) is 6.37. The zero-order valence-electron chi connectivity index (χ0n) is 11.5. The number of carbonyl (C=O) groups excluding carboxylic acids is 1. The Morgan fingerprint density at radius 2 is 2.00 bits per heavy atom. The van der Waals surface area contributed by atoms with Crippen molar-refractivity contribution in [3.63, 3.8) is 0 Å². The van der Waals surface area contributed by atoms with Crippen LogP contribution in [0.1, 0.15) is 25.3 Å². The van der Waals surface area contributed by atoms with Crippen LogP contribution < -0.4 is 0 Å². The molecule has 1 saturated carbocycles. The summed E-state index contributed by atoms with van der Waals surface area (Å²) in [6.07, 6.45) is 6.02. The molecule has 1 aliphatic carbocycles. The van der Waals surface area contributed by atoms with Crippen molar-refractivity contribution in [3.8, 4) is 0 Å². The Kier molecular flexibility index (Phi) is 4.56. The number of benzene rings is 1. The third-order valence-corrected chi connectivity index (χ3v) is 3.43. The Morgan fingerprint density at radius 1 is 1.32 bits per heavy atom. The van der Waals surface area contributed by atoms with E-state index in [4.69, 9.17) is 0 Å². The van der Waals surface area contributed by atoms with Crippen LogP contribution in [-0.4, -0.2) is 23.9 Å². The van der Waals surface area contributed by atoms with Gasteiger partial charge >= 0.3 is 0 Å². The average molecular weight is 255 g/mol. The maximum absolute atomic E-state index is 12.1. The van der Waals surface area contributed by atoms with E-state index in [9.17, 15) is 4.79 Å². The summed E-state index contributed by atoms with van der Waals surface area (Å²) in [6, 6.07) is 10.3. The van der Waals surface area contributed by atoms with Crippen molar-refractivity contribution in [2.24, 2.45) is 5.92 Å². The van der Waals surface area contributed by atoms with Crippen LogP contribution in [0.3, 0.4) is 0 Å². The molecule has 1 aliphatic rings. The van der Waals surface area contributed by atoms with E-state index in [0.29, 0.717) is 13.1 Å². The molecule has 0 saturated heterocycles. The molecule has 0 spiro atoms. The standard InChI is InChI=1S/C17H21NO/c1-3-12-18(17(19)16-9-10-16)13-11-14(2)15-7-5-4-6-8-15/h3-8,11,16H,1,9-10,12-13H2,2H3. The minimum absolute atomic E-state index is 0.269. The Morgan fingerprint density at radius 3 is 2.58 bits per heavy atom. The van der Waals surface area contributed by atoms with Crippen molar-refractivity contribution in [3.05, 3.63) is 54.6 Å². The zero-order chi connectivity index (χ0) is 13.7. The smallest absolute Gasteiger partial charge is 0.226 e. The van der Waals surface area contributed by atoms with E-state index in [1.807, 2.05) is 23.1 Å². The number of hydrogen-bond donors (Lipinski definition) is 0. The van der Waals surface area contributed by atoms with Gasteiger partial charge in [0.1, 0.15) is 0 Å². The van der Waals surface area contributed by atoms with Crippen molar-refractivity contribution in [1.29, 1.82) is 0 Å². The predicted octanol–water partition coefficient (Wildman–Crippen LogP) is 3.51. The van der Waals surface area contributed by atoms with Gasteiger partial charge in [0.2, 0.25) is 5.91 Å². The summed E-state index contributed by atoms with van der Waals surface area (Å²) in [7, 11) is 0. The maximum Gasteiger partial charge on any atom is 0.226 e. The minimum Gasteiger partial charge on any atom is -0.335 e. The molecule has 0 unspecified atom stereocenters. The maximum atomic E-state index is 12.1. The molecular weight excluding hydrogens is 234 g/mol. The van der Waals surface area contributed by atoms with Crippen LogP contribution in [0.25, 0.3) is 5.57 Å². The average Bonchev–Trinajstić information content (AvgIpc) is 3.28. The number of amides is 1. The van der Waals surface area contributed by atoms with E-state index < -0.39 is 0 Å². The number of hydrogen-bond acceptors (Lipinski definition) is 1. The fourth-order valence-electron chi connectivity index (χ4n) is 2.06. The van der Waals surface area contributed by atoms with Gasteiger partial charge in [-0.2, -0.15) is 0 Å². The van der Waals surface area contributed by atoms with Crippen LogP contribution in [0.4, 0.5) is 0 Å². The summed E-state index contributed by atoms with van der Waals surface area (Å²) in [5, 5.41) is 0. The van der Waals surface area contributed by atoms with Gasteiger partial charge in [0.25, 0.3) is 0 Å². The summed E-state index contributed by atoms with van der Waals surface area (Å²) < 4.78 is 0. The van der Waals surface area contributed by atoms with E-state index in [1.54, 1.807) is 6.08 Å². The van der Waals surface area contributed by atoms with Crippen LogP contribution in [0.2, 0.25) is 0 Å². The number of carbonyl (C=O) groups is 1. The lowest BCUT2D eigenvalue weighted by Crippen LogP contribution is -2.32. The van der Waals surface area contributed by atoms with E-state index in [1.165, 1.54) is 11.1 Å². The molecule has 1 aromatic carbocycles. The van der Waals surface area contributed by atoms with E-state index in [2.05, 4.69) is 31.7 Å². The molecule has 0 aromatic heterocycles. The summed E-state index contributed by atoms with van der Waals surface area (Å²) in [6.45, 7) is 7.12. The molecule has 0 atom stereocenters. The first kappa shape index (κ1) is 13.6. The fraction of sp³-hybridized carbons (Fsp3) is 0.353. The largest absolute Gasteiger partial charge is 0.335 e. The second-order valence-electron chi connectivity index (χ2n) is 5.06. The highest BCUT2D eigenvalue weighted by molar-refractivity contribution is 5.81. The second-order valence-corrected chi connectivity index (χ2v) is 5.06. The molecule has 0 bridgehead atoms. The van der Waals surface area contributed by atoms with Gasteiger partial charge in [-0.1, -0.05) is 42.5 Å². The van der Waals surface area contributed by atoms with Gasteiger partial charge in [0.05, 0.1) is 0 Å². The molecular formula is C17H21NO. The zero-order valence-corrected chi connectivity index (χ0v) is 11.5. The number of allylic oxidation sites excluding steroid dienone is 1. The highest BCUT2D eigenvalue weighted by atomic mass is 16.2. The highest BCUT2D eigenvalue weighted by Gasteiger charge is 2.32. The molecule has 2 heteroatoms. The predicted molar refractivity (Wildman–Crippen MR) is 79.6 cm³/mol. The van der Waals surface area contributed by atoms with Gasteiger partial charge in [0.15, 0.2) is 0 Å². The molecule has 1 amide bonds. The van der Waals surface area contributed by atoms with Gasteiger partial charge < -0.3 is 4.90 Å². The minimum atomic E-state index is 0.269. The quantitative estimate of drug-likeness (QED) is 0.712. The van der Waals surface area contributed by atoms with Gasteiger partial charge in [-0.15, -0.1) is 6.58 Å². The molecule has 19 heavy (non-hydrogen) atoms. The SMILES string of the molecule is C=CCN(CC=C(C)c1ccccc1)C(=O)C1CC1. The Bertz CT molecular complexity index is 471. The fourth-order valence-corrected chi connectivity index (χ4v) is 2.06. The van der Waals surface area contributed by atoms with Gasteiger partial charge in [0, 0.05) is 19.0 Å². The molecule has 0 N–H and O–H groups in total. The Balaban J connectivity index is 2.01. The van der Waals surface area contributed by atoms with Crippen molar-refractivity contribution >= 4 is 11.5 Å². The first-order chi connectivity index (χ1) is 9.22. The number of nitrogens with zero attached hydrogens (tertiary/aromatic N) is 1. The van der Waals surface area contributed by atoms with Gasteiger partial charge in [-0.3, -0.25) is 4.79 Å². The van der Waals surface area contributed by atoms with Crippen molar-refractivity contribution in [1.82, 2.24) is 4.90 Å². The van der Waals surface area contributed by atoms with Crippen molar-refractivity contribution < 1.29 is 4.79 Å². The third kappa shape index (κ3) is 3.82. The third-order valence-electron chi connectivity index (χ3n) is 3.43. The van der Waals surface area contributed by atoms with Crippen molar-refractivity contribution in [2.45, 2.75) is 19.8 Å². The van der Waals surface area contributed by atoms with Gasteiger partial charge in [-0.25, -0.2) is 0 Å². The normalized spacial score (nSPS) is 15.1. The summed E-state index contributed by atoms with van der Waals surface area (Å²) >= 11 is 0. The van der Waals surface area contributed by atoms with Crippen LogP contribution >= 0.6 is 0 Å². The first-order valence-corrected chi connectivity index (χ1v) is 6.84. The highest BCUT2D eigenvalue weighted by Crippen LogP contribution is 2.31. The summed E-state index contributed by atoms with van der Waals surface area (Å²) in [4.78, 5) is 14.0. The summed E-state index contributed by atoms with van der Waals surface area (Å²) in [5.74, 6) is 0.544.